The Morgan fingerprint density at radius 1 is 1.10 bits per heavy atom. The highest BCUT2D eigenvalue weighted by Gasteiger charge is 2.34. The van der Waals surface area contributed by atoms with E-state index in [1.165, 1.54) is 4.31 Å². The molecule has 0 aliphatic carbocycles. The summed E-state index contributed by atoms with van der Waals surface area (Å²) in [5.41, 5.74) is 3.35. The number of nitrogens with one attached hydrogen (secondary N) is 1. The molecule has 0 saturated carbocycles. The molecule has 2 heterocycles. The van der Waals surface area contributed by atoms with Gasteiger partial charge in [-0.1, -0.05) is 24.3 Å². The van der Waals surface area contributed by atoms with Gasteiger partial charge in [0.05, 0.1) is 11.4 Å². The summed E-state index contributed by atoms with van der Waals surface area (Å²) in [6.45, 7) is 4.53. The molecular formula is C23H25N3O3S. The van der Waals surface area contributed by atoms with Gasteiger partial charge in [-0.05, 0) is 62.1 Å². The number of nitrogens with zero attached hydrogens (tertiary/aromatic N) is 2. The number of sulfonamides is 1. The lowest BCUT2D eigenvalue weighted by Gasteiger charge is -2.31. The molecule has 1 N–H and O–H groups in total. The number of rotatable bonds is 4. The number of hydrogen-bond acceptors (Lipinski definition) is 4. The summed E-state index contributed by atoms with van der Waals surface area (Å²) in [5, 5.41) is 3.74. The average Bonchev–Trinajstić information content (AvgIpc) is 2.72. The van der Waals surface area contributed by atoms with Crippen LogP contribution in [0.1, 0.15) is 24.0 Å². The van der Waals surface area contributed by atoms with Crippen molar-refractivity contribution in [3.63, 3.8) is 0 Å². The van der Waals surface area contributed by atoms with Crippen molar-refractivity contribution in [1.82, 2.24) is 9.29 Å². The highest BCUT2D eigenvalue weighted by molar-refractivity contribution is 7.89. The average molecular weight is 424 g/mol. The SMILES string of the molecule is Cc1cc(C)cc(NC(=O)C2CCCN(S(=O)(=O)c3cccc4cccnc34)C2)c1. The van der Waals surface area contributed by atoms with E-state index in [4.69, 9.17) is 0 Å². The molecule has 7 heteroatoms. The standard InChI is InChI=1S/C23H25N3O3S/c1-16-12-17(2)14-20(13-16)25-23(27)19-8-5-11-26(15-19)30(28,29)21-9-3-6-18-7-4-10-24-22(18)21/h3-4,6-7,9-10,12-14,19H,5,8,11,15H2,1-2H3,(H,25,27). The van der Waals surface area contributed by atoms with Gasteiger partial charge in [0.25, 0.3) is 0 Å². The summed E-state index contributed by atoms with van der Waals surface area (Å²) >= 11 is 0. The van der Waals surface area contributed by atoms with E-state index >= 15 is 0 Å². The van der Waals surface area contributed by atoms with Crippen LogP contribution in [-0.4, -0.2) is 36.7 Å². The lowest BCUT2D eigenvalue weighted by Crippen LogP contribution is -2.43. The quantitative estimate of drug-likeness (QED) is 0.690. The van der Waals surface area contributed by atoms with E-state index in [2.05, 4.69) is 10.3 Å². The molecule has 0 bridgehead atoms. The van der Waals surface area contributed by atoms with Gasteiger partial charge in [0.2, 0.25) is 15.9 Å². The van der Waals surface area contributed by atoms with Crippen LogP contribution in [0.4, 0.5) is 5.69 Å². The third kappa shape index (κ3) is 4.08. The van der Waals surface area contributed by atoms with Crippen molar-refractivity contribution < 1.29 is 13.2 Å². The summed E-state index contributed by atoms with van der Waals surface area (Å²) in [6, 6.07) is 14.7. The van der Waals surface area contributed by atoms with Gasteiger partial charge in [0, 0.05) is 30.4 Å². The van der Waals surface area contributed by atoms with Crippen molar-refractivity contribution in [3.8, 4) is 0 Å². The van der Waals surface area contributed by atoms with Crippen LogP contribution in [0.5, 0.6) is 0 Å². The monoisotopic (exact) mass is 423 g/mol. The smallest absolute Gasteiger partial charge is 0.245 e. The molecule has 1 aliphatic heterocycles. The van der Waals surface area contributed by atoms with E-state index in [1.54, 1.807) is 24.4 Å². The fourth-order valence-electron chi connectivity index (χ4n) is 4.09. The minimum Gasteiger partial charge on any atom is -0.326 e. The minimum atomic E-state index is -3.75. The predicted octanol–water partition coefficient (Wildman–Crippen LogP) is 3.89. The van der Waals surface area contributed by atoms with Crippen molar-refractivity contribution >= 4 is 32.5 Å². The maximum Gasteiger partial charge on any atom is 0.245 e. The van der Waals surface area contributed by atoms with Crippen molar-refractivity contribution in [1.29, 1.82) is 0 Å². The molecule has 1 saturated heterocycles. The third-order valence-electron chi connectivity index (χ3n) is 5.46. The van der Waals surface area contributed by atoms with Crippen LogP contribution in [-0.2, 0) is 14.8 Å². The highest BCUT2D eigenvalue weighted by Crippen LogP contribution is 2.28. The first-order chi connectivity index (χ1) is 14.3. The number of anilines is 1. The molecule has 1 amide bonds. The topological polar surface area (TPSA) is 79.4 Å². The Morgan fingerprint density at radius 3 is 2.60 bits per heavy atom. The predicted molar refractivity (Wildman–Crippen MR) is 118 cm³/mol. The highest BCUT2D eigenvalue weighted by atomic mass is 32.2. The van der Waals surface area contributed by atoms with E-state index in [0.717, 1.165) is 22.2 Å². The lowest BCUT2D eigenvalue weighted by molar-refractivity contribution is -0.120. The Balaban J connectivity index is 1.56. The number of para-hydroxylation sites is 1. The molecule has 0 spiro atoms. The van der Waals surface area contributed by atoms with E-state index < -0.39 is 15.9 Å². The second kappa shape index (κ2) is 8.16. The number of amides is 1. The van der Waals surface area contributed by atoms with Crippen molar-refractivity contribution in [2.24, 2.45) is 5.92 Å². The minimum absolute atomic E-state index is 0.143. The van der Waals surface area contributed by atoms with Crippen LogP contribution in [0, 0.1) is 19.8 Å². The summed E-state index contributed by atoms with van der Waals surface area (Å²) in [5.74, 6) is -0.534. The van der Waals surface area contributed by atoms with Gasteiger partial charge in [-0.15, -0.1) is 0 Å². The van der Waals surface area contributed by atoms with Crippen LogP contribution in [0.3, 0.4) is 0 Å². The molecule has 1 aromatic heterocycles. The molecule has 4 rings (SSSR count). The second-order valence-electron chi connectivity index (χ2n) is 7.90. The molecule has 30 heavy (non-hydrogen) atoms. The van der Waals surface area contributed by atoms with Gasteiger partial charge in [0.15, 0.2) is 0 Å². The number of carbonyl (C=O) groups excluding carboxylic acids is 1. The molecular weight excluding hydrogens is 398 g/mol. The van der Waals surface area contributed by atoms with Crippen LogP contribution in [0.2, 0.25) is 0 Å². The Labute approximate surface area is 177 Å². The molecule has 6 nitrogen and oxygen atoms in total. The zero-order valence-corrected chi connectivity index (χ0v) is 17.9. The Bertz CT molecular complexity index is 1180. The number of pyridine rings is 1. The summed E-state index contributed by atoms with van der Waals surface area (Å²) in [7, 11) is -3.75. The number of aryl methyl sites for hydroxylation is 2. The fourth-order valence-corrected chi connectivity index (χ4v) is 5.78. The first-order valence-corrected chi connectivity index (χ1v) is 11.5. The number of hydrogen-bond donors (Lipinski definition) is 1. The Morgan fingerprint density at radius 2 is 1.83 bits per heavy atom. The first-order valence-electron chi connectivity index (χ1n) is 10.1. The summed E-state index contributed by atoms with van der Waals surface area (Å²) in [4.78, 5) is 17.3. The fraction of sp³-hybridized carbons (Fsp3) is 0.304. The summed E-state index contributed by atoms with van der Waals surface area (Å²) in [6.07, 6.45) is 2.90. The zero-order chi connectivity index (χ0) is 21.3. The largest absolute Gasteiger partial charge is 0.326 e. The number of piperidine rings is 1. The number of fused-ring (bicyclic) bond motifs is 1. The molecule has 2 aromatic carbocycles. The van der Waals surface area contributed by atoms with Gasteiger partial charge in [0.1, 0.15) is 4.90 Å². The molecule has 1 atom stereocenters. The van der Waals surface area contributed by atoms with Crippen molar-refractivity contribution in [3.05, 3.63) is 65.9 Å². The lowest BCUT2D eigenvalue weighted by atomic mass is 9.98. The number of carbonyl (C=O) groups is 1. The van der Waals surface area contributed by atoms with Gasteiger partial charge in [-0.3, -0.25) is 9.78 Å². The van der Waals surface area contributed by atoms with Crippen molar-refractivity contribution in [2.45, 2.75) is 31.6 Å². The molecule has 1 unspecified atom stereocenters. The maximum absolute atomic E-state index is 13.4. The van der Waals surface area contributed by atoms with E-state index in [-0.39, 0.29) is 17.3 Å². The second-order valence-corrected chi connectivity index (χ2v) is 9.81. The van der Waals surface area contributed by atoms with Gasteiger partial charge >= 0.3 is 0 Å². The van der Waals surface area contributed by atoms with Crippen LogP contribution in [0.25, 0.3) is 10.9 Å². The van der Waals surface area contributed by atoms with Crippen LogP contribution in [0.15, 0.2) is 59.6 Å². The molecule has 1 fully saturated rings. The Kier molecular flexibility index (Phi) is 5.58. The maximum atomic E-state index is 13.4. The van der Waals surface area contributed by atoms with Gasteiger partial charge in [-0.25, -0.2) is 8.42 Å². The third-order valence-corrected chi connectivity index (χ3v) is 7.35. The van der Waals surface area contributed by atoms with E-state index in [9.17, 15) is 13.2 Å². The van der Waals surface area contributed by atoms with Crippen LogP contribution < -0.4 is 5.32 Å². The zero-order valence-electron chi connectivity index (χ0n) is 17.1. The normalized spacial score (nSPS) is 17.7. The van der Waals surface area contributed by atoms with Gasteiger partial charge < -0.3 is 5.32 Å². The molecule has 0 radical (unpaired) electrons. The number of aromatic nitrogens is 1. The van der Waals surface area contributed by atoms with Gasteiger partial charge in [-0.2, -0.15) is 4.31 Å². The molecule has 156 valence electrons. The summed E-state index contributed by atoms with van der Waals surface area (Å²) < 4.78 is 28.2. The van der Waals surface area contributed by atoms with E-state index in [1.807, 2.05) is 44.2 Å². The van der Waals surface area contributed by atoms with Crippen molar-refractivity contribution in [2.75, 3.05) is 18.4 Å². The number of benzene rings is 2. The van der Waals surface area contributed by atoms with E-state index in [0.29, 0.717) is 24.9 Å². The molecule has 1 aliphatic rings. The Hall–Kier alpha value is -2.77. The first kappa shape index (κ1) is 20.5. The molecule has 3 aromatic rings. The van der Waals surface area contributed by atoms with Crippen LogP contribution >= 0.6 is 0 Å².